The molecule has 0 amide bonds. The lowest BCUT2D eigenvalue weighted by molar-refractivity contribution is 0.523. The van der Waals surface area contributed by atoms with Crippen molar-refractivity contribution in [3.05, 3.63) is 130 Å². The molecular weight excluding hydrogens is 398 g/mol. The zero-order valence-corrected chi connectivity index (χ0v) is 19.5. The fourth-order valence-corrected chi connectivity index (χ4v) is 5.27. The van der Waals surface area contributed by atoms with Crippen molar-refractivity contribution in [1.29, 1.82) is 0 Å². The molecule has 1 N–H and O–H groups in total. The van der Waals surface area contributed by atoms with E-state index in [0.717, 1.165) is 12.8 Å². The molecule has 1 nitrogen and oxygen atoms in total. The summed E-state index contributed by atoms with van der Waals surface area (Å²) in [6.45, 7) is 4.64. The fourth-order valence-electron chi connectivity index (χ4n) is 5.27. The fraction of sp³-hybridized carbons (Fsp3) is 0.188. The van der Waals surface area contributed by atoms with E-state index in [9.17, 15) is 0 Å². The molecule has 33 heavy (non-hydrogen) atoms. The Hall–Kier alpha value is -3.58. The number of benzene rings is 3. The summed E-state index contributed by atoms with van der Waals surface area (Å²) in [6, 6.07) is 22.4. The first-order chi connectivity index (χ1) is 16.2. The number of nitrogens with one attached hydrogen (secondary N) is 1. The van der Waals surface area contributed by atoms with Crippen molar-refractivity contribution in [2.75, 3.05) is 0 Å². The second-order valence-corrected chi connectivity index (χ2v) is 9.17. The molecule has 3 aromatic rings. The van der Waals surface area contributed by atoms with E-state index in [1.807, 2.05) is 36.7 Å². The molecule has 1 heteroatoms. The minimum atomic E-state index is 0.501. The number of aryl methyl sites for hydroxylation is 1. The van der Waals surface area contributed by atoms with E-state index in [1.54, 1.807) is 0 Å². The van der Waals surface area contributed by atoms with Gasteiger partial charge in [0.05, 0.1) is 0 Å². The van der Waals surface area contributed by atoms with Crippen LogP contribution < -0.4 is 15.8 Å². The van der Waals surface area contributed by atoms with Crippen molar-refractivity contribution in [3.63, 3.8) is 0 Å². The highest BCUT2D eigenvalue weighted by molar-refractivity contribution is 5.74. The summed E-state index contributed by atoms with van der Waals surface area (Å²) in [4.78, 5) is 0. The average molecular weight is 430 g/mol. The Morgan fingerprint density at radius 1 is 0.727 bits per heavy atom. The minimum Gasteiger partial charge on any atom is -0.368 e. The van der Waals surface area contributed by atoms with E-state index >= 15 is 0 Å². The summed E-state index contributed by atoms with van der Waals surface area (Å²) in [5, 5.41) is 5.85. The lowest BCUT2D eigenvalue weighted by atomic mass is 9.76. The molecule has 164 valence electrons. The number of rotatable bonds is 1. The van der Waals surface area contributed by atoms with Crippen LogP contribution in [0.25, 0.3) is 23.3 Å². The van der Waals surface area contributed by atoms with E-state index in [-0.39, 0.29) is 0 Å². The summed E-state index contributed by atoms with van der Waals surface area (Å²) in [6.07, 6.45) is 18.8. The van der Waals surface area contributed by atoms with Crippen LogP contribution in [0.1, 0.15) is 35.1 Å². The zero-order chi connectivity index (χ0) is 22.6. The normalized spacial score (nSPS) is 19.3. The minimum absolute atomic E-state index is 0.501. The maximum atomic E-state index is 2.92. The molecule has 0 radical (unpaired) electrons. The molecule has 0 aromatic heterocycles. The average Bonchev–Trinajstić information content (AvgIpc) is 3.17. The highest BCUT2D eigenvalue weighted by Crippen LogP contribution is 2.33. The largest absolute Gasteiger partial charge is 0.368 e. The van der Waals surface area contributed by atoms with E-state index in [4.69, 9.17) is 0 Å². The standard InChI is InChI=1S/C26H24.C6H7N/c1-17-7-3-5-9-21(17)25-16-26-20(15-18(25)2)12-14-23-22-10-6-4-8-19(22)11-13-24(23)26;1-2-4-6-7-5-3-1/h3-10,12-14,16,18,25H,11,15H2,1-2H3;1-7H. The summed E-state index contributed by atoms with van der Waals surface area (Å²) >= 11 is 0. The van der Waals surface area contributed by atoms with Gasteiger partial charge in [0.25, 0.3) is 0 Å². The lowest BCUT2D eigenvalue weighted by Crippen LogP contribution is -2.37. The third-order valence-electron chi connectivity index (χ3n) is 6.98. The van der Waals surface area contributed by atoms with Crippen LogP contribution in [-0.4, -0.2) is 0 Å². The maximum absolute atomic E-state index is 2.92. The highest BCUT2D eigenvalue weighted by atomic mass is 14.8. The lowest BCUT2D eigenvalue weighted by Gasteiger charge is -2.28. The molecule has 0 fully saturated rings. The Kier molecular flexibility index (Phi) is 6.13. The van der Waals surface area contributed by atoms with Crippen LogP contribution in [0.5, 0.6) is 0 Å². The van der Waals surface area contributed by atoms with Crippen molar-refractivity contribution >= 4 is 12.2 Å². The van der Waals surface area contributed by atoms with Crippen molar-refractivity contribution in [2.45, 2.75) is 32.6 Å². The Labute approximate surface area is 197 Å². The second kappa shape index (κ2) is 9.50. The third-order valence-corrected chi connectivity index (χ3v) is 6.98. The van der Waals surface area contributed by atoms with Gasteiger partial charge in [-0.2, -0.15) is 0 Å². The number of hydrogen-bond donors (Lipinski definition) is 1. The number of fused-ring (bicyclic) bond motifs is 5. The Morgan fingerprint density at radius 3 is 2.30 bits per heavy atom. The van der Waals surface area contributed by atoms with E-state index in [2.05, 4.69) is 92.0 Å². The van der Waals surface area contributed by atoms with E-state index in [0.29, 0.717) is 11.8 Å². The van der Waals surface area contributed by atoms with Crippen LogP contribution in [0.2, 0.25) is 0 Å². The topological polar surface area (TPSA) is 12.0 Å². The summed E-state index contributed by atoms with van der Waals surface area (Å²) in [7, 11) is 0. The maximum Gasteiger partial charge on any atom is 0.00587 e. The smallest absolute Gasteiger partial charge is 0.00587 e. The first-order valence-corrected chi connectivity index (χ1v) is 11.9. The van der Waals surface area contributed by atoms with Gasteiger partial charge in [0, 0.05) is 18.3 Å². The first kappa shape index (κ1) is 21.3. The van der Waals surface area contributed by atoms with E-state index in [1.165, 1.54) is 43.8 Å². The summed E-state index contributed by atoms with van der Waals surface area (Å²) in [5.74, 6) is 1.14. The van der Waals surface area contributed by atoms with Crippen LogP contribution in [-0.2, 0) is 12.8 Å². The summed E-state index contributed by atoms with van der Waals surface area (Å²) in [5.41, 5.74) is 8.66. The molecule has 3 aromatic carbocycles. The Bertz CT molecular complexity index is 1360. The van der Waals surface area contributed by atoms with Gasteiger partial charge in [-0.1, -0.05) is 91.9 Å². The third kappa shape index (κ3) is 4.36. The predicted molar refractivity (Wildman–Crippen MR) is 141 cm³/mol. The van der Waals surface area contributed by atoms with Gasteiger partial charge >= 0.3 is 0 Å². The van der Waals surface area contributed by atoms with Crippen LogP contribution in [0, 0.1) is 12.8 Å². The van der Waals surface area contributed by atoms with Gasteiger partial charge < -0.3 is 5.32 Å². The van der Waals surface area contributed by atoms with Gasteiger partial charge in [0.1, 0.15) is 0 Å². The van der Waals surface area contributed by atoms with Crippen molar-refractivity contribution < 1.29 is 0 Å². The van der Waals surface area contributed by atoms with Gasteiger partial charge in [-0.25, -0.2) is 0 Å². The molecule has 1 heterocycles. The second-order valence-electron chi connectivity index (χ2n) is 9.17. The molecule has 2 aliphatic carbocycles. The van der Waals surface area contributed by atoms with Crippen LogP contribution >= 0.6 is 0 Å². The van der Waals surface area contributed by atoms with Gasteiger partial charge in [-0.15, -0.1) is 0 Å². The van der Waals surface area contributed by atoms with Gasteiger partial charge in [0.15, 0.2) is 0 Å². The Balaban J connectivity index is 0.000000281. The van der Waals surface area contributed by atoms with Gasteiger partial charge in [0.2, 0.25) is 0 Å². The quantitative estimate of drug-likeness (QED) is 0.506. The first-order valence-electron chi connectivity index (χ1n) is 11.9. The SMILES string of the molecule is C1=CC=CNC=C1.Cc1ccccc1C1C=c2c(ccc3c2=CCc2ccccc2-3)CC1C. The predicted octanol–water partition coefficient (Wildman–Crippen LogP) is 5.93. The number of allylic oxidation sites excluding steroid dienone is 4. The number of hydrogen-bond acceptors (Lipinski definition) is 1. The molecule has 1 aliphatic heterocycles. The molecule has 2 unspecified atom stereocenters. The van der Waals surface area contributed by atoms with Crippen molar-refractivity contribution in [1.82, 2.24) is 5.32 Å². The molecule has 0 bridgehead atoms. The van der Waals surface area contributed by atoms with Crippen molar-refractivity contribution in [2.24, 2.45) is 5.92 Å². The van der Waals surface area contributed by atoms with Crippen LogP contribution in [0.4, 0.5) is 0 Å². The molecule has 6 rings (SSSR count). The van der Waals surface area contributed by atoms with Crippen molar-refractivity contribution in [3.8, 4) is 11.1 Å². The Morgan fingerprint density at radius 2 is 1.48 bits per heavy atom. The monoisotopic (exact) mass is 429 g/mol. The van der Waals surface area contributed by atoms with Gasteiger partial charge in [-0.3, -0.25) is 0 Å². The summed E-state index contributed by atoms with van der Waals surface area (Å²) < 4.78 is 0. The zero-order valence-electron chi connectivity index (χ0n) is 19.5. The van der Waals surface area contributed by atoms with Crippen LogP contribution in [0.3, 0.4) is 0 Å². The molecule has 2 atom stereocenters. The molecule has 3 aliphatic rings. The van der Waals surface area contributed by atoms with Gasteiger partial charge in [-0.05, 0) is 81.7 Å². The van der Waals surface area contributed by atoms with Crippen LogP contribution in [0.15, 0.2) is 97.4 Å². The molecule has 0 saturated carbocycles. The van der Waals surface area contributed by atoms with E-state index < -0.39 is 0 Å². The molecule has 0 spiro atoms. The molecular formula is C32H31N. The molecule has 0 saturated heterocycles. The highest BCUT2D eigenvalue weighted by Gasteiger charge is 2.24.